The molecule has 0 radical (unpaired) electrons. The van der Waals surface area contributed by atoms with Gasteiger partial charge in [-0.2, -0.15) is 4.98 Å². The minimum Gasteiger partial charge on any atom is -0.447 e. The molecule has 1 aliphatic rings. The van der Waals surface area contributed by atoms with Gasteiger partial charge in [0, 0.05) is 18.6 Å². The molecule has 0 saturated carbocycles. The predicted octanol–water partition coefficient (Wildman–Crippen LogP) is 3.07. The Kier molecular flexibility index (Phi) is 4.98. The molecule has 25 heavy (non-hydrogen) atoms. The lowest BCUT2D eigenvalue weighted by molar-refractivity contribution is 0.177. The summed E-state index contributed by atoms with van der Waals surface area (Å²) >= 11 is 5.80. The summed E-state index contributed by atoms with van der Waals surface area (Å²) in [7, 11) is 0. The molecule has 0 aromatic carbocycles. The fraction of sp³-hybridized carbons (Fsp3) is 0.438. The maximum atomic E-state index is 12.1. The van der Waals surface area contributed by atoms with E-state index in [1.807, 2.05) is 20.8 Å². The van der Waals surface area contributed by atoms with Crippen molar-refractivity contribution in [1.29, 1.82) is 0 Å². The molecule has 1 fully saturated rings. The molecule has 8 nitrogen and oxygen atoms in total. The number of carbonyl (C=O) groups excluding carboxylic acids is 1. The average molecular weight is 363 g/mol. The van der Waals surface area contributed by atoms with Crippen molar-refractivity contribution in [2.75, 3.05) is 16.8 Å². The molecular weight excluding hydrogens is 344 g/mol. The second-order valence-electron chi connectivity index (χ2n) is 6.12. The molecule has 1 saturated heterocycles. The Hall–Kier alpha value is -2.48. The SMILES string of the molecule is CC(C)C1COC(=O)N1c1ccnc(N[C@@H](C)c2ncc(Cl)cn2)n1. The minimum atomic E-state index is -0.391. The van der Waals surface area contributed by atoms with E-state index in [1.54, 1.807) is 17.2 Å². The van der Waals surface area contributed by atoms with Crippen LogP contribution in [0, 0.1) is 5.92 Å². The number of rotatable bonds is 5. The summed E-state index contributed by atoms with van der Waals surface area (Å²) in [5.74, 6) is 1.70. The maximum absolute atomic E-state index is 12.1. The number of carbonyl (C=O) groups is 1. The minimum absolute atomic E-state index is 0.0488. The Bertz CT molecular complexity index is 755. The van der Waals surface area contributed by atoms with Crippen molar-refractivity contribution >= 4 is 29.5 Å². The van der Waals surface area contributed by atoms with Gasteiger partial charge in [0.15, 0.2) is 0 Å². The molecule has 0 spiro atoms. The van der Waals surface area contributed by atoms with Crippen LogP contribution in [0.25, 0.3) is 0 Å². The third-order valence-electron chi connectivity index (χ3n) is 3.94. The van der Waals surface area contributed by atoms with Gasteiger partial charge in [0.1, 0.15) is 18.2 Å². The Balaban J connectivity index is 1.79. The van der Waals surface area contributed by atoms with Crippen LogP contribution in [0.5, 0.6) is 0 Å². The summed E-state index contributed by atoms with van der Waals surface area (Å²) in [6, 6.07) is 1.42. The van der Waals surface area contributed by atoms with E-state index in [1.165, 1.54) is 12.4 Å². The summed E-state index contributed by atoms with van der Waals surface area (Å²) in [6.45, 7) is 6.33. The van der Waals surface area contributed by atoms with Crippen molar-refractivity contribution in [1.82, 2.24) is 19.9 Å². The Morgan fingerprint density at radius 3 is 2.68 bits per heavy atom. The molecule has 3 rings (SSSR count). The molecule has 1 unspecified atom stereocenters. The van der Waals surface area contributed by atoms with Gasteiger partial charge in [-0.15, -0.1) is 0 Å². The lowest BCUT2D eigenvalue weighted by atomic mass is 10.0. The van der Waals surface area contributed by atoms with Gasteiger partial charge in [0.05, 0.1) is 17.1 Å². The zero-order chi connectivity index (χ0) is 18.0. The molecule has 3 heterocycles. The Morgan fingerprint density at radius 2 is 2.00 bits per heavy atom. The third-order valence-corrected chi connectivity index (χ3v) is 4.13. The summed E-state index contributed by atoms with van der Waals surface area (Å²) in [5.41, 5.74) is 0. The molecule has 2 aromatic rings. The first-order valence-corrected chi connectivity index (χ1v) is 8.36. The highest BCUT2D eigenvalue weighted by molar-refractivity contribution is 6.30. The van der Waals surface area contributed by atoms with Crippen molar-refractivity contribution in [2.24, 2.45) is 5.92 Å². The van der Waals surface area contributed by atoms with Crippen LogP contribution < -0.4 is 10.2 Å². The molecule has 2 aromatic heterocycles. The van der Waals surface area contributed by atoms with Crippen molar-refractivity contribution in [3.63, 3.8) is 0 Å². The van der Waals surface area contributed by atoms with Crippen LogP contribution in [0.2, 0.25) is 5.02 Å². The van der Waals surface area contributed by atoms with E-state index >= 15 is 0 Å². The van der Waals surface area contributed by atoms with E-state index in [-0.39, 0.29) is 18.0 Å². The van der Waals surface area contributed by atoms with Crippen molar-refractivity contribution in [2.45, 2.75) is 32.9 Å². The van der Waals surface area contributed by atoms with Crippen molar-refractivity contribution < 1.29 is 9.53 Å². The Labute approximate surface area is 150 Å². The topological polar surface area (TPSA) is 93.1 Å². The standard InChI is InChI=1S/C16H19ClN6O2/c1-9(2)12-8-25-16(24)23(12)13-4-5-18-15(22-13)21-10(3)14-19-6-11(17)7-20-14/h4-7,9-10,12H,8H2,1-3H3,(H,18,21,22)/t10-,12?/m0/s1. The maximum Gasteiger partial charge on any atom is 0.415 e. The van der Waals surface area contributed by atoms with Gasteiger partial charge in [-0.25, -0.2) is 19.7 Å². The number of anilines is 2. The third kappa shape index (κ3) is 3.79. The quantitative estimate of drug-likeness (QED) is 0.873. The molecule has 132 valence electrons. The highest BCUT2D eigenvalue weighted by Crippen LogP contribution is 2.26. The number of halogens is 1. The van der Waals surface area contributed by atoms with Crippen LogP contribution >= 0.6 is 11.6 Å². The zero-order valence-electron chi connectivity index (χ0n) is 14.2. The highest BCUT2D eigenvalue weighted by atomic mass is 35.5. The summed E-state index contributed by atoms with van der Waals surface area (Å²) < 4.78 is 5.17. The van der Waals surface area contributed by atoms with Crippen molar-refractivity contribution in [3.05, 3.63) is 35.5 Å². The van der Waals surface area contributed by atoms with E-state index in [0.717, 1.165) is 0 Å². The molecule has 1 aliphatic heterocycles. The highest BCUT2D eigenvalue weighted by Gasteiger charge is 2.37. The molecule has 1 N–H and O–H groups in total. The lowest BCUT2D eigenvalue weighted by Gasteiger charge is -2.23. The monoisotopic (exact) mass is 362 g/mol. The number of nitrogens with zero attached hydrogens (tertiary/aromatic N) is 5. The number of ether oxygens (including phenoxy) is 1. The van der Waals surface area contributed by atoms with Gasteiger partial charge in [0.25, 0.3) is 0 Å². The predicted molar refractivity (Wildman–Crippen MR) is 93.6 cm³/mol. The first-order valence-electron chi connectivity index (χ1n) is 7.98. The van der Waals surface area contributed by atoms with E-state index < -0.39 is 6.09 Å². The van der Waals surface area contributed by atoms with Gasteiger partial charge in [-0.3, -0.25) is 4.90 Å². The largest absolute Gasteiger partial charge is 0.447 e. The van der Waals surface area contributed by atoms with Gasteiger partial charge < -0.3 is 10.1 Å². The molecular formula is C16H19ClN6O2. The first kappa shape index (κ1) is 17.3. The van der Waals surface area contributed by atoms with E-state index in [9.17, 15) is 4.79 Å². The second kappa shape index (κ2) is 7.18. The molecule has 9 heteroatoms. The van der Waals surface area contributed by atoms with Gasteiger partial charge in [-0.05, 0) is 18.9 Å². The lowest BCUT2D eigenvalue weighted by Crippen LogP contribution is -2.37. The summed E-state index contributed by atoms with van der Waals surface area (Å²) in [4.78, 5) is 30.6. The fourth-order valence-electron chi connectivity index (χ4n) is 2.55. The number of hydrogen-bond donors (Lipinski definition) is 1. The summed E-state index contributed by atoms with van der Waals surface area (Å²) in [6.07, 6.45) is 4.28. The van der Waals surface area contributed by atoms with E-state index in [2.05, 4.69) is 25.3 Å². The van der Waals surface area contributed by atoms with Crippen LogP contribution in [0.4, 0.5) is 16.6 Å². The number of nitrogens with one attached hydrogen (secondary N) is 1. The van der Waals surface area contributed by atoms with Crippen LogP contribution in [-0.4, -0.2) is 38.7 Å². The van der Waals surface area contributed by atoms with Crippen LogP contribution in [0.3, 0.4) is 0 Å². The first-order chi connectivity index (χ1) is 12.0. The normalized spacial score (nSPS) is 18.4. The number of cyclic esters (lactones) is 1. The van der Waals surface area contributed by atoms with Crippen LogP contribution in [0.1, 0.15) is 32.6 Å². The summed E-state index contributed by atoms with van der Waals surface area (Å²) in [5, 5.41) is 3.60. The number of aromatic nitrogens is 4. The second-order valence-corrected chi connectivity index (χ2v) is 6.56. The van der Waals surface area contributed by atoms with Gasteiger partial charge in [0.2, 0.25) is 5.95 Å². The van der Waals surface area contributed by atoms with Crippen LogP contribution in [0.15, 0.2) is 24.7 Å². The fourth-order valence-corrected chi connectivity index (χ4v) is 2.64. The van der Waals surface area contributed by atoms with Gasteiger partial charge in [-0.1, -0.05) is 25.4 Å². The molecule has 2 atom stereocenters. The van der Waals surface area contributed by atoms with Crippen LogP contribution in [-0.2, 0) is 4.74 Å². The average Bonchev–Trinajstić information content (AvgIpc) is 2.97. The zero-order valence-corrected chi connectivity index (χ0v) is 14.9. The number of hydrogen-bond acceptors (Lipinski definition) is 7. The van der Waals surface area contributed by atoms with Gasteiger partial charge >= 0.3 is 6.09 Å². The molecule has 0 bridgehead atoms. The van der Waals surface area contributed by atoms with E-state index in [0.29, 0.717) is 29.2 Å². The number of amides is 1. The molecule has 0 aliphatic carbocycles. The van der Waals surface area contributed by atoms with E-state index in [4.69, 9.17) is 16.3 Å². The molecule has 1 amide bonds. The Morgan fingerprint density at radius 1 is 1.28 bits per heavy atom. The van der Waals surface area contributed by atoms with Crippen molar-refractivity contribution in [3.8, 4) is 0 Å². The smallest absolute Gasteiger partial charge is 0.415 e.